The predicted octanol–water partition coefficient (Wildman–Crippen LogP) is 5.14. The molecular formula is C13H28I4N2O3V. The van der Waals surface area contributed by atoms with Gasteiger partial charge in [-0.3, -0.25) is 0 Å². The van der Waals surface area contributed by atoms with Gasteiger partial charge in [0.1, 0.15) is 6.10 Å². The Kier molecular flexibility index (Phi) is 27.8. The number of ether oxygens (including phenoxy) is 1. The van der Waals surface area contributed by atoms with E-state index in [1.54, 1.807) is 18.9 Å². The van der Waals surface area contributed by atoms with E-state index in [2.05, 4.69) is 89.4 Å². The number of hydrogen-bond donors (Lipinski definition) is 2. The standard InChI is InChI=1S/C7H13NO2.C6H15NO.I2.2HI.V/c1-4-6-5(2)10-7(9)8(6)3;1-4-6(7-3)5(2)8;1-2;;;/h5-6H,4H2,1-3H3;5-8H,4H2,1-3H3;;2*1H;/q;;;;;+2/p-2. The average Bonchev–Trinajstić information content (AvgIpc) is 2.76. The normalized spacial score (nSPS) is 21.3. The summed E-state index contributed by atoms with van der Waals surface area (Å²) in [6, 6.07) is 0.530. The predicted molar refractivity (Wildman–Crippen MR) is 129 cm³/mol. The first-order valence-electron chi connectivity index (χ1n) is 7.15. The first-order chi connectivity index (χ1) is 10.8. The second-order valence-corrected chi connectivity index (χ2v) is 16.6. The van der Waals surface area contributed by atoms with E-state index in [1.165, 1.54) is 0 Å². The third-order valence-corrected chi connectivity index (χ3v) is 3.43. The van der Waals surface area contributed by atoms with Crippen molar-refractivity contribution >= 4 is 83.3 Å². The summed E-state index contributed by atoms with van der Waals surface area (Å²) < 4.78 is 4.96. The van der Waals surface area contributed by atoms with E-state index >= 15 is 0 Å². The third kappa shape index (κ3) is 15.4. The number of halogens is 4. The van der Waals surface area contributed by atoms with E-state index in [4.69, 9.17) is 9.84 Å². The molecule has 0 spiro atoms. The van der Waals surface area contributed by atoms with Crippen LogP contribution in [0.25, 0.3) is 0 Å². The third-order valence-electron chi connectivity index (χ3n) is 3.43. The van der Waals surface area contributed by atoms with E-state index in [1.807, 2.05) is 20.9 Å². The summed E-state index contributed by atoms with van der Waals surface area (Å²) in [5.74, 6) is 0. The number of carbonyl (C=O) groups excluding carboxylic acids is 1. The number of nitrogens with zero attached hydrogens (tertiary/aromatic N) is 1. The second kappa shape index (κ2) is 21.0. The molecule has 1 fully saturated rings. The van der Waals surface area contributed by atoms with Crippen molar-refractivity contribution in [2.24, 2.45) is 0 Å². The van der Waals surface area contributed by atoms with Crippen LogP contribution < -0.4 is 5.32 Å². The maximum atomic E-state index is 10.9. The molecule has 0 saturated carbocycles. The van der Waals surface area contributed by atoms with Crippen molar-refractivity contribution in [2.75, 3.05) is 14.1 Å². The van der Waals surface area contributed by atoms with Gasteiger partial charge in [0, 0.05) is 50.3 Å². The number of aliphatic hydroxyl groups excluding tert-OH is 1. The molecule has 1 aliphatic heterocycles. The number of likely N-dealkylation sites (N-methyl/N-ethyl adjacent to an activating group) is 2. The van der Waals surface area contributed by atoms with E-state index in [0.29, 0.717) is 9.47 Å². The molecule has 4 unspecified atom stereocenters. The summed E-state index contributed by atoms with van der Waals surface area (Å²) in [7, 11) is 4.27. The fourth-order valence-corrected chi connectivity index (χ4v) is 2.16. The van der Waals surface area contributed by atoms with Gasteiger partial charge in [-0.05, 0) is 33.7 Å². The van der Waals surface area contributed by atoms with Gasteiger partial charge in [0.2, 0.25) is 0 Å². The van der Waals surface area contributed by atoms with Gasteiger partial charge in [-0.2, -0.15) is 0 Å². The minimum atomic E-state index is -0.231. The molecule has 1 rings (SSSR count). The summed E-state index contributed by atoms with van der Waals surface area (Å²) >= 11 is 8.98. The summed E-state index contributed by atoms with van der Waals surface area (Å²) in [5, 5.41) is 12.0. The van der Waals surface area contributed by atoms with Gasteiger partial charge in [-0.25, -0.2) is 4.79 Å². The molecule has 1 saturated heterocycles. The van der Waals surface area contributed by atoms with Crippen LogP contribution in [0.2, 0.25) is 0 Å². The summed E-state index contributed by atoms with van der Waals surface area (Å²) in [6.07, 6.45) is 1.57. The van der Waals surface area contributed by atoms with Gasteiger partial charge in [0.15, 0.2) is 0 Å². The van der Waals surface area contributed by atoms with Gasteiger partial charge < -0.3 is 20.1 Å². The van der Waals surface area contributed by atoms with Crippen molar-refractivity contribution in [2.45, 2.75) is 64.8 Å². The Hall–Kier alpha value is 2.69. The zero-order chi connectivity index (χ0) is 19.0. The Balaban J connectivity index is -0.000000277. The first kappa shape index (κ1) is 30.4. The molecule has 2 N–H and O–H groups in total. The monoisotopic (exact) mass is 819 g/mol. The van der Waals surface area contributed by atoms with Crippen LogP contribution in [0.1, 0.15) is 40.5 Å². The molecule has 4 atom stereocenters. The molecule has 1 amide bonds. The first-order valence-corrected chi connectivity index (χ1v) is 22.5. The van der Waals surface area contributed by atoms with Gasteiger partial charge in [-0.1, -0.05) is 13.8 Å². The number of cyclic esters (lactones) is 1. The van der Waals surface area contributed by atoms with Crippen LogP contribution in [0.15, 0.2) is 0 Å². The zero-order valence-corrected chi connectivity index (χ0v) is 24.4. The minimum absolute atomic E-state index is 0.0579. The van der Waals surface area contributed by atoms with E-state index in [0.717, 1.165) is 12.8 Å². The van der Waals surface area contributed by atoms with E-state index in [9.17, 15) is 4.79 Å². The molecule has 141 valence electrons. The van der Waals surface area contributed by atoms with Gasteiger partial charge >= 0.3 is 55.5 Å². The Morgan fingerprint density at radius 3 is 1.91 bits per heavy atom. The van der Waals surface area contributed by atoms with Gasteiger partial charge in [0.05, 0.1) is 12.1 Å². The number of rotatable bonds is 4. The molecule has 0 aliphatic carbocycles. The van der Waals surface area contributed by atoms with E-state index < -0.39 is 0 Å². The Bertz CT molecular complexity index is 276. The van der Waals surface area contributed by atoms with Crippen molar-refractivity contribution < 1.29 is 24.1 Å². The molecule has 0 radical (unpaired) electrons. The van der Waals surface area contributed by atoms with Crippen LogP contribution in [0, 0.1) is 0 Å². The molecule has 23 heavy (non-hydrogen) atoms. The fraction of sp³-hybridized carbons (Fsp3) is 0.923. The Morgan fingerprint density at radius 2 is 1.83 bits per heavy atom. The molecule has 0 bridgehead atoms. The summed E-state index contributed by atoms with van der Waals surface area (Å²) in [4.78, 5) is 12.5. The molecule has 0 aromatic carbocycles. The summed E-state index contributed by atoms with van der Waals surface area (Å²) in [6.45, 7) is 7.83. The van der Waals surface area contributed by atoms with Crippen LogP contribution in [-0.2, 0) is 14.2 Å². The number of aliphatic hydroxyl groups is 1. The molecule has 0 aromatic heterocycles. The number of nitrogens with one attached hydrogen (secondary N) is 1. The SMILES string of the molecule is CCC(NC)C(C)O.CCC1C(C)OC(=O)N1C.II.[I][V][I]. The molecular weight excluding hydrogens is 791 g/mol. The molecule has 0 aromatic rings. The van der Waals surface area contributed by atoms with Crippen molar-refractivity contribution in [1.29, 1.82) is 0 Å². The van der Waals surface area contributed by atoms with Gasteiger partial charge in [-0.15, -0.1) is 0 Å². The molecule has 1 heterocycles. The number of carbonyl (C=O) groups is 1. The van der Waals surface area contributed by atoms with Crippen LogP contribution in [-0.4, -0.2) is 54.5 Å². The summed E-state index contributed by atoms with van der Waals surface area (Å²) in [5.41, 5.74) is 0. The molecule has 1 aliphatic rings. The zero-order valence-electron chi connectivity index (χ0n) is 14.4. The van der Waals surface area contributed by atoms with Crippen molar-refractivity contribution in [1.82, 2.24) is 10.2 Å². The number of amides is 1. The van der Waals surface area contributed by atoms with Crippen LogP contribution in [0.5, 0.6) is 0 Å². The van der Waals surface area contributed by atoms with Crippen LogP contribution in [0.3, 0.4) is 0 Å². The van der Waals surface area contributed by atoms with E-state index in [-0.39, 0.29) is 30.4 Å². The average molecular weight is 819 g/mol. The number of hydrogen-bond acceptors (Lipinski definition) is 4. The van der Waals surface area contributed by atoms with Crippen molar-refractivity contribution in [3.63, 3.8) is 0 Å². The quantitative estimate of drug-likeness (QED) is 0.387. The van der Waals surface area contributed by atoms with Crippen LogP contribution >= 0.6 is 77.2 Å². The van der Waals surface area contributed by atoms with Crippen molar-refractivity contribution in [3.05, 3.63) is 0 Å². The molecule has 5 nitrogen and oxygen atoms in total. The fourth-order valence-electron chi connectivity index (χ4n) is 2.16. The van der Waals surface area contributed by atoms with Crippen LogP contribution in [0.4, 0.5) is 4.79 Å². The maximum absolute atomic E-state index is 10.9. The van der Waals surface area contributed by atoms with Crippen molar-refractivity contribution in [3.8, 4) is 0 Å². The Labute approximate surface area is 193 Å². The Morgan fingerprint density at radius 1 is 1.39 bits per heavy atom. The van der Waals surface area contributed by atoms with Gasteiger partial charge in [0.25, 0.3) is 0 Å². The topological polar surface area (TPSA) is 61.8 Å². The second-order valence-electron chi connectivity index (χ2n) is 4.78. The molecule has 10 heteroatoms.